The van der Waals surface area contributed by atoms with Gasteiger partial charge in [-0.2, -0.15) is 0 Å². The van der Waals surface area contributed by atoms with E-state index in [9.17, 15) is 9.59 Å². The Kier molecular flexibility index (Phi) is 4.45. The molecule has 2 saturated heterocycles. The van der Waals surface area contributed by atoms with Gasteiger partial charge in [0.2, 0.25) is 11.8 Å². The van der Waals surface area contributed by atoms with Crippen molar-refractivity contribution in [3.05, 3.63) is 0 Å². The van der Waals surface area contributed by atoms with Gasteiger partial charge in [-0.25, -0.2) is 0 Å². The second-order valence-corrected chi connectivity index (χ2v) is 5.75. The van der Waals surface area contributed by atoms with E-state index in [4.69, 9.17) is 0 Å². The van der Waals surface area contributed by atoms with Crippen molar-refractivity contribution >= 4 is 11.8 Å². The smallest absolute Gasteiger partial charge is 0.239 e. The van der Waals surface area contributed by atoms with Gasteiger partial charge in [0.1, 0.15) is 0 Å². The highest BCUT2D eigenvalue weighted by molar-refractivity contribution is 5.83. The van der Waals surface area contributed by atoms with Crippen LogP contribution in [0.15, 0.2) is 0 Å². The molecule has 0 bridgehead atoms. The van der Waals surface area contributed by atoms with Crippen LogP contribution in [0.2, 0.25) is 0 Å². The number of hydrogen-bond donors (Lipinski definition) is 1. The van der Waals surface area contributed by atoms with Crippen molar-refractivity contribution in [2.24, 2.45) is 0 Å². The lowest BCUT2D eigenvalue weighted by molar-refractivity contribution is -0.142. The molecular weight excluding hydrogens is 242 g/mol. The molecule has 0 spiro atoms. The summed E-state index contributed by atoms with van der Waals surface area (Å²) in [5.74, 6) is 0.315. The van der Waals surface area contributed by atoms with Gasteiger partial charge in [-0.15, -0.1) is 0 Å². The number of hydrogen-bond acceptors (Lipinski definition) is 3. The van der Waals surface area contributed by atoms with Crippen LogP contribution in [0.5, 0.6) is 0 Å². The SMILES string of the molecule is CC[C@@H]1CC[C@@H](C(=O)N2CCN(C(C)=O)[C@H](C)C2)N1. The van der Waals surface area contributed by atoms with Crippen LogP contribution in [0, 0.1) is 0 Å². The molecule has 2 aliphatic heterocycles. The van der Waals surface area contributed by atoms with Gasteiger partial charge < -0.3 is 15.1 Å². The zero-order valence-electron chi connectivity index (χ0n) is 12.2. The molecule has 108 valence electrons. The van der Waals surface area contributed by atoms with E-state index < -0.39 is 0 Å². The van der Waals surface area contributed by atoms with Crippen LogP contribution in [0.4, 0.5) is 0 Å². The molecule has 5 heteroatoms. The normalized spacial score (nSPS) is 31.6. The van der Waals surface area contributed by atoms with Gasteiger partial charge >= 0.3 is 0 Å². The summed E-state index contributed by atoms with van der Waals surface area (Å²) in [5, 5.41) is 3.41. The van der Waals surface area contributed by atoms with Gasteiger partial charge in [-0.05, 0) is 26.2 Å². The number of carbonyl (C=O) groups excluding carboxylic acids is 2. The van der Waals surface area contributed by atoms with Crippen molar-refractivity contribution in [2.45, 2.75) is 58.2 Å². The maximum absolute atomic E-state index is 12.4. The monoisotopic (exact) mass is 267 g/mol. The first kappa shape index (κ1) is 14.3. The number of nitrogens with one attached hydrogen (secondary N) is 1. The quantitative estimate of drug-likeness (QED) is 0.797. The molecule has 0 aromatic heterocycles. The zero-order valence-corrected chi connectivity index (χ0v) is 12.2. The molecule has 2 aliphatic rings. The Hall–Kier alpha value is -1.10. The van der Waals surface area contributed by atoms with Gasteiger partial charge in [0, 0.05) is 38.6 Å². The average molecular weight is 267 g/mol. The summed E-state index contributed by atoms with van der Waals surface area (Å²) in [4.78, 5) is 27.6. The molecule has 2 rings (SSSR count). The first-order valence-corrected chi connectivity index (χ1v) is 7.35. The van der Waals surface area contributed by atoms with E-state index in [1.807, 2.05) is 16.7 Å². The minimum Gasteiger partial charge on any atom is -0.338 e. The van der Waals surface area contributed by atoms with Crippen LogP contribution in [-0.2, 0) is 9.59 Å². The van der Waals surface area contributed by atoms with Crippen LogP contribution in [-0.4, -0.2) is 59.4 Å². The molecule has 3 atom stereocenters. The van der Waals surface area contributed by atoms with Crippen molar-refractivity contribution in [1.29, 1.82) is 0 Å². The number of nitrogens with zero attached hydrogens (tertiary/aromatic N) is 2. The Labute approximate surface area is 115 Å². The van der Waals surface area contributed by atoms with E-state index in [0.717, 1.165) is 19.3 Å². The Morgan fingerprint density at radius 3 is 2.53 bits per heavy atom. The van der Waals surface area contributed by atoms with Crippen LogP contribution in [0.1, 0.15) is 40.0 Å². The van der Waals surface area contributed by atoms with E-state index in [1.54, 1.807) is 6.92 Å². The molecule has 2 amide bonds. The standard InChI is InChI=1S/C14H25N3O2/c1-4-12-5-6-13(15-12)14(19)16-7-8-17(11(3)18)10(2)9-16/h10,12-13,15H,4-9H2,1-3H3/t10-,12-,13+/m1/s1. The lowest BCUT2D eigenvalue weighted by atomic mass is 10.1. The Bertz CT molecular complexity index is 359. The van der Waals surface area contributed by atoms with Gasteiger partial charge in [-0.3, -0.25) is 9.59 Å². The highest BCUT2D eigenvalue weighted by Gasteiger charge is 2.34. The maximum atomic E-state index is 12.4. The summed E-state index contributed by atoms with van der Waals surface area (Å²) in [5.41, 5.74) is 0. The summed E-state index contributed by atoms with van der Waals surface area (Å²) in [7, 11) is 0. The second kappa shape index (κ2) is 5.90. The van der Waals surface area contributed by atoms with Crippen LogP contribution in [0.25, 0.3) is 0 Å². The first-order valence-electron chi connectivity index (χ1n) is 7.35. The van der Waals surface area contributed by atoms with Crippen molar-refractivity contribution in [2.75, 3.05) is 19.6 Å². The Morgan fingerprint density at radius 1 is 1.26 bits per heavy atom. The van der Waals surface area contributed by atoms with E-state index in [0.29, 0.717) is 25.7 Å². The number of piperazine rings is 1. The highest BCUT2D eigenvalue weighted by Crippen LogP contribution is 2.18. The predicted octanol–water partition coefficient (Wildman–Crippen LogP) is 0.596. The lowest BCUT2D eigenvalue weighted by Crippen LogP contribution is -2.57. The summed E-state index contributed by atoms with van der Waals surface area (Å²) in [6, 6.07) is 0.601. The maximum Gasteiger partial charge on any atom is 0.239 e. The molecule has 0 saturated carbocycles. The fourth-order valence-corrected chi connectivity index (χ4v) is 3.18. The van der Waals surface area contributed by atoms with Gasteiger partial charge in [0.25, 0.3) is 0 Å². The van der Waals surface area contributed by atoms with E-state index in [-0.39, 0.29) is 23.9 Å². The summed E-state index contributed by atoms with van der Waals surface area (Å²) < 4.78 is 0. The van der Waals surface area contributed by atoms with Crippen LogP contribution >= 0.6 is 0 Å². The van der Waals surface area contributed by atoms with Gasteiger partial charge in [-0.1, -0.05) is 6.92 Å². The molecule has 2 heterocycles. The topological polar surface area (TPSA) is 52.7 Å². The minimum absolute atomic E-state index is 0.0129. The number of carbonyl (C=O) groups is 2. The highest BCUT2D eigenvalue weighted by atomic mass is 16.2. The molecule has 0 aromatic carbocycles. The van der Waals surface area contributed by atoms with Crippen molar-refractivity contribution in [1.82, 2.24) is 15.1 Å². The molecule has 19 heavy (non-hydrogen) atoms. The molecule has 0 aromatic rings. The molecule has 2 fully saturated rings. The van der Waals surface area contributed by atoms with Crippen LogP contribution in [0.3, 0.4) is 0 Å². The molecule has 0 aliphatic carbocycles. The third kappa shape index (κ3) is 3.08. The van der Waals surface area contributed by atoms with Gasteiger partial charge in [0.05, 0.1) is 6.04 Å². The van der Waals surface area contributed by atoms with Gasteiger partial charge in [0.15, 0.2) is 0 Å². The summed E-state index contributed by atoms with van der Waals surface area (Å²) in [6.45, 7) is 7.74. The Balaban J connectivity index is 1.90. The largest absolute Gasteiger partial charge is 0.338 e. The number of rotatable bonds is 2. The molecule has 1 N–H and O–H groups in total. The van der Waals surface area contributed by atoms with E-state index >= 15 is 0 Å². The number of amides is 2. The molecular formula is C14H25N3O2. The summed E-state index contributed by atoms with van der Waals surface area (Å²) in [6.07, 6.45) is 3.12. The fraction of sp³-hybridized carbons (Fsp3) is 0.857. The van der Waals surface area contributed by atoms with E-state index in [2.05, 4.69) is 12.2 Å². The van der Waals surface area contributed by atoms with Crippen molar-refractivity contribution in [3.8, 4) is 0 Å². The molecule has 0 unspecified atom stereocenters. The third-order valence-electron chi connectivity index (χ3n) is 4.38. The van der Waals surface area contributed by atoms with Crippen molar-refractivity contribution < 1.29 is 9.59 Å². The van der Waals surface area contributed by atoms with Crippen molar-refractivity contribution in [3.63, 3.8) is 0 Å². The third-order valence-corrected chi connectivity index (χ3v) is 4.38. The first-order chi connectivity index (χ1) is 9.02. The lowest BCUT2D eigenvalue weighted by Gasteiger charge is -2.40. The van der Waals surface area contributed by atoms with E-state index in [1.165, 1.54) is 0 Å². The molecule has 0 radical (unpaired) electrons. The average Bonchev–Trinajstić information content (AvgIpc) is 2.86. The minimum atomic E-state index is -0.0129. The second-order valence-electron chi connectivity index (χ2n) is 5.75. The fourth-order valence-electron chi connectivity index (χ4n) is 3.18. The van der Waals surface area contributed by atoms with Crippen LogP contribution < -0.4 is 5.32 Å². The Morgan fingerprint density at radius 2 is 2.00 bits per heavy atom. The zero-order chi connectivity index (χ0) is 14.0. The predicted molar refractivity (Wildman–Crippen MR) is 73.7 cm³/mol. The molecule has 5 nitrogen and oxygen atoms in total. The summed E-state index contributed by atoms with van der Waals surface area (Å²) >= 11 is 0.